The summed E-state index contributed by atoms with van der Waals surface area (Å²) in [5, 5.41) is 3.39. The lowest BCUT2D eigenvalue weighted by atomic mass is 9.95. The Labute approximate surface area is 111 Å². The van der Waals surface area contributed by atoms with Crippen molar-refractivity contribution < 1.29 is 4.74 Å². The molecule has 1 aliphatic rings. The fraction of sp³-hybridized carbons (Fsp3) is 0.538. The van der Waals surface area contributed by atoms with E-state index in [0.29, 0.717) is 0 Å². The van der Waals surface area contributed by atoms with E-state index in [1.165, 1.54) is 35.9 Å². The number of ether oxygens (including phenoxy) is 1. The van der Waals surface area contributed by atoms with Gasteiger partial charge in [-0.05, 0) is 85.1 Å². The summed E-state index contributed by atoms with van der Waals surface area (Å²) in [5.41, 5.74) is 0. The van der Waals surface area contributed by atoms with Gasteiger partial charge in [0.05, 0.1) is 6.61 Å². The molecule has 1 N–H and O–H groups in total. The zero-order valence-electron chi connectivity index (χ0n) is 9.42. The number of piperidine rings is 1. The summed E-state index contributed by atoms with van der Waals surface area (Å²) < 4.78 is 6.99. The van der Waals surface area contributed by atoms with Crippen LogP contribution >= 0.6 is 22.6 Å². The van der Waals surface area contributed by atoms with Crippen LogP contribution in [-0.2, 0) is 0 Å². The molecule has 0 saturated carbocycles. The molecule has 0 aliphatic carbocycles. The number of hydrogen-bond acceptors (Lipinski definition) is 2. The van der Waals surface area contributed by atoms with E-state index in [1.807, 2.05) is 12.1 Å². The van der Waals surface area contributed by atoms with E-state index in [4.69, 9.17) is 4.74 Å². The van der Waals surface area contributed by atoms with Gasteiger partial charge in [-0.25, -0.2) is 0 Å². The van der Waals surface area contributed by atoms with Crippen LogP contribution in [0.1, 0.15) is 19.3 Å². The van der Waals surface area contributed by atoms with Crippen LogP contribution in [0.25, 0.3) is 0 Å². The quantitative estimate of drug-likeness (QED) is 0.857. The first kappa shape index (κ1) is 12.2. The highest BCUT2D eigenvalue weighted by Crippen LogP contribution is 2.18. The smallest absolute Gasteiger partial charge is 0.119 e. The molecule has 16 heavy (non-hydrogen) atoms. The van der Waals surface area contributed by atoms with Gasteiger partial charge in [0.1, 0.15) is 5.75 Å². The molecule has 2 rings (SSSR count). The van der Waals surface area contributed by atoms with Crippen molar-refractivity contribution >= 4 is 22.6 Å². The molecule has 1 saturated heterocycles. The minimum absolute atomic E-state index is 0.852. The SMILES string of the molecule is Ic1ccc(OCCC2CCNCC2)cc1. The Morgan fingerprint density at radius 1 is 1.19 bits per heavy atom. The van der Waals surface area contributed by atoms with Crippen molar-refractivity contribution in [2.45, 2.75) is 19.3 Å². The third-order valence-electron chi connectivity index (χ3n) is 3.07. The molecule has 0 unspecified atom stereocenters. The second kappa shape index (κ2) is 6.45. The molecular weight excluding hydrogens is 313 g/mol. The van der Waals surface area contributed by atoms with E-state index in [2.05, 4.69) is 40.0 Å². The number of nitrogens with one attached hydrogen (secondary N) is 1. The zero-order chi connectivity index (χ0) is 11.2. The molecular formula is C13H18INO. The summed E-state index contributed by atoms with van der Waals surface area (Å²) in [4.78, 5) is 0. The average Bonchev–Trinajstić information content (AvgIpc) is 2.33. The van der Waals surface area contributed by atoms with Crippen LogP contribution in [-0.4, -0.2) is 19.7 Å². The van der Waals surface area contributed by atoms with E-state index >= 15 is 0 Å². The molecule has 1 aromatic rings. The summed E-state index contributed by atoms with van der Waals surface area (Å²) >= 11 is 2.31. The van der Waals surface area contributed by atoms with Gasteiger partial charge in [0, 0.05) is 3.57 Å². The number of rotatable bonds is 4. The van der Waals surface area contributed by atoms with Gasteiger partial charge in [-0.15, -0.1) is 0 Å². The lowest BCUT2D eigenvalue weighted by Gasteiger charge is -2.22. The topological polar surface area (TPSA) is 21.3 Å². The molecule has 0 bridgehead atoms. The molecule has 1 heterocycles. The van der Waals surface area contributed by atoms with Gasteiger partial charge in [0.15, 0.2) is 0 Å². The molecule has 1 aromatic carbocycles. The molecule has 1 fully saturated rings. The van der Waals surface area contributed by atoms with Crippen LogP contribution in [0.5, 0.6) is 5.75 Å². The normalized spacial score (nSPS) is 17.3. The van der Waals surface area contributed by atoms with E-state index < -0.39 is 0 Å². The monoisotopic (exact) mass is 331 g/mol. The van der Waals surface area contributed by atoms with Gasteiger partial charge in [-0.3, -0.25) is 0 Å². The van der Waals surface area contributed by atoms with Crippen molar-refractivity contribution in [1.29, 1.82) is 0 Å². The van der Waals surface area contributed by atoms with E-state index in [-0.39, 0.29) is 0 Å². The molecule has 0 aromatic heterocycles. The largest absolute Gasteiger partial charge is 0.494 e. The molecule has 0 amide bonds. The fourth-order valence-electron chi connectivity index (χ4n) is 2.04. The standard InChI is InChI=1S/C13H18INO/c14-12-1-3-13(4-2-12)16-10-7-11-5-8-15-9-6-11/h1-4,11,15H,5-10H2. The average molecular weight is 331 g/mol. The van der Waals surface area contributed by atoms with Crippen LogP contribution in [0, 0.1) is 9.49 Å². The Hall–Kier alpha value is -0.290. The first-order chi connectivity index (χ1) is 7.84. The number of hydrogen-bond donors (Lipinski definition) is 1. The number of halogens is 1. The summed E-state index contributed by atoms with van der Waals surface area (Å²) in [7, 11) is 0. The maximum absolute atomic E-state index is 5.74. The molecule has 3 heteroatoms. The third kappa shape index (κ3) is 3.94. The van der Waals surface area contributed by atoms with E-state index in [9.17, 15) is 0 Å². The fourth-order valence-corrected chi connectivity index (χ4v) is 2.40. The van der Waals surface area contributed by atoms with Crippen molar-refractivity contribution in [3.8, 4) is 5.75 Å². The maximum atomic E-state index is 5.74. The second-order valence-electron chi connectivity index (χ2n) is 4.28. The second-order valence-corrected chi connectivity index (χ2v) is 5.53. The molecule has 0 spiro atoms. The Balaban J connectivity index is 1.69. The van der Waals surface area contributed by atoms with Crippen molar-refractivity contribution in [1.82, 2.24) is 5.32 Å². The highest BCUT2D eigenvalue weighted by molar-refractivity contribution is 14.1. The molecule has 0 radical (unpaired) electrons. The van der Waals surface area contributed by atoms with Gasteiger partial charge in [0.2, 0.25) is 0 Å². The van der Waals surface area contributed by atoms with Crippen molar-refractivity contribution in [2.75, 3.05) is 19.7 Å². The van der Waals surface area contributed by atoms with Crippen molar-refractivity contribution in [2.24, 2.45) is 5.92 Å². The van der Waals surface area contributed by atoms with Crippen molar-refractivity contribution in [3.63, 3.8) is 0 Å². The zero-order valence-corrected chi connectivity index (χ0v) is 11.6. The first-order valence-electron chi connectivity index (χ1n) is 5.94. The maximum Gasteiger partial charge on any atom is 0.119 e. The van der Waals surface area contributed by atoms with Crippen LogP contribution in [0.4, 0.5) is 0 Å². The highest BCUT2D eigenvalue weighted by atomic mass is 127. The highest BCUT2D eigenvalue weighted by Gasteiger charge is 2.12. The summed E-state index contributed by atoms with van der Waals surface area (Å²) in [6, 6.07) is 8.26. The van der Waals surface area contributed by atoms with Crippen LogP contribution in [0.3, 0.4) is 0 Å². The van der Waals surface area contributed by atoms with Crippen LogP contribution in [0.2, 0.25) is 0 Å². The molecule has 1 aliphatic heterocycles. The molecule has 88 valence electrons. The van der Waals surface area contributed by atoms with Crippen LogP contribution < -0.4 is 10.1 Å². The Morgan fingerprint density at radius 3 is 2.56 bits per heavy atom. The summed E-state index contributed by atoms with van der Waals surface area (Å²) in [5.74, 6) is 1.85. The minimum Gasteiger partial charge on any atom is -0.494 e. The Bertz CT molecular complexity index is 306. The lowest BCUT2D eigenvalue weighted by molar-refractivity contribution is 0.252. The predicted molar refractivity (Wildman–Crippen MR) is 74.9 cm³/mol. The van der Waals surface area contributed by atoms with Gasteiger partial charge in [0.25, 0.3) is 0 Å². The van der Waals surface area contributed by atoms with Crippen molar-refractivity contribution in [3.05, 3.63) is 27.8 Å². The number of benzene rings is 1. The molecule has 0 atom stereocenters. The van der Waals surface area contributed by atoms with Gasteiger partial charge < -0.3 is 10.1 Å². The van der Waals surface area contributed by atoms with Gasteiger partial charge in [-0.1, -0.05) is 0 Å². The van der Waals surface area contributed by atoms with Gasteiger partial charge >= 0.3 is 0 Å². The van der Waals surface area contributed by atoms with Gasteiger partial charge in [-0.2, -0.15) is 0 Å². The van der Waals surface area contributed by atoms with Crippen LogP contribution in [0.15, 0.2) is 24.3 Å². The van der Waals surface area contributed by atoms with E-state index in [1.54, 1.807) is 0 Å². The summed E-state index contributed by atoms with van der Waals surface area (Å²) in [6.45, 7) is 3.20. The predicted octanol–water partition coefficient (Wildman–Crippen LogP) is 3.06. The lowest BCUT2D eigenvalue weighted by Crippen LogP contribution is -2.28. The first-order valence-corrected chi connectivity index (χ1v) is 7.01. The third-order valence-corrected chi connectivity index (χ3v) is 3.79. The Kier molecular flexibility index (Phi) is 4.91. The minimum atomic E-state index is 0.852. The molecule has 2 nitrogen and oxygen atoms in total. The summed E-state index contributed by atoms with van der Waals surface area (Å²) in [6.07, 6.45) is 3.79. The van der Waals surface area contributed by atoms with E-state index in [0.717, 1.165) is 18.3 Å². The Morgan fingerprint density at radius 2 is 1.88 bits per heavy atom.